The number of carbonyl (C=O) groups is 1. The minimum absolute atomic E-state index is 0.00917. The van der Waals surface area contributed by atoms with Gasteiger partial charge in [-0.3, -0.25) is 14.9 Å². The summed E-state index contributed by atoms with van der Waals surface area (Å²) in [6.45, 7) is 2.52. The van der Waals surface area contributed by atoms with Crippen molar-refractivity contribution >= 4 is 33.7 Å². The van der Waals surface area contributed by atoms with Crippen molar-refractivity contribution in [3.63, 3.8) is 0 Å². The minimum atomic E-state index is -0.456. The molecular formula is C25H24BrN3O7. The van der Waals surface area contributed by atoms with Crippen LogP contribution in [0.4, 0.5) is 5.69 Å². The molecule has 3 aromatic rings. The second-order valence-corrected chi connectivity index (χ2v) is 8.10. The number of hydrogen-bond acceptors (Lipinski definition) is 8. The molecule has 0 aliphatic heterocycles. The fraction of sp³-hybridized carbons (Fsp3) is 0.200. The van der Waals surface area contributed by atoms with E-state index >= 15 is 0 Å². The molecule has 3 rings (SSSR count). The second kappa shape index (κ2) is 12.5. The van der Waals surface area contributed by atoms with Crippen LogP contribution in [0.5, 0.6) is 23.0 Å². The highest BCUT2D eigenvalue weighted by atomic mass is 79.9. The number of ether oxygens (including phenoxy) is 4. The summed E-state index contributed by atoms with van der Waals surface area (Å²) in [4.78, 5) is 22.8. The first-order valence-electron chi connectivity index (χ1n) is 10.7. The van der Waals surface area contributed by atoms with E-state index in [1.54, 1.807) is 42.5 Å². The molecule has 0 heterocycles. The van der Waals surface area contributed by atoms with E-state index in [9.17, 15) is 14.9 Å². The lowest BCUT2D eigenvalue weighted by Gasteiger charge is -2.13. The number of benzene rings is 3. The van der Waals surface area contributed by atoms with Crippen molar-refractivity contribution in [1.29, 1.82) is 0 Å². The van der Waals surface area contributed by atoms with E-state index in [0.29, 0.717) is 45.2 Å². The zero-order chi connectivity index (χ0) is 26.1. The third kappa shape index (κ3) is 6.72. The summed E-state index contributed by atoms with van der Waals surface area (Å²) in [5.74, 6) is 1.48. The second-order valence-electron chi connectivity index (χ2n) is 7.24. The number of halogens is 1. The van der Waals surface area contributed by atoms with Crippen LogP contribution in [0, 0.1) is 10.1 Å². The van der Waals surface area contributed by atoms with Crippen LogP contribution in [0.3, 0.4) is 0 Å². The van der Waals surface area contributed by atoms with Gasteiger partial charge in [0.05, 0.1) is 36.4 Å². The van der Waals surface area contributed by atoms with Crippen LogP contribution in [0.1, 0.15) is 28.4 Å². The summed E-state index contributed by atoms with van der Waals surface area (Å²) in [5, 5.41) is 14.8. The summed E-state index contributed by atoms with van der Waals surface area (Å²) >= 11 is 3.47. The number of hydrazone groups is 1. The number of nitro groups is 1. The van der Waals surface area contributed by atoms with Crippen molar-refractivity contribution in [3.05, 3.63) is 85.9 Å². The van der Waals surface area contributed by atoms with E-state index in [1.807, 2.05) is 6.92 Å². The van der Waals surface area contributed by atoms with E-state index in [-0.39, 0.29) is 12.3 Å². The Balaban J connectivity index is 1.67. The third-order valence-corrected chi connectivity index (χ3v) is 5.48. The Morgan fingerprint density at radius 3 is 2.39 bits per heavy atom. The molecule has 0 spiro atoms. The number of rotatable bonds is 11. The van der Waals surface area contributed by atoms with E-state index in [2.05, 4.69) is 26.5 Å². The molecule has 0 saturated heterocycles. The molecule has 0 aliphatic rings. The quantitative estimate of drug-likeness (QED) is 0.197. The number of nitro benzene ring substituents is 1. The molecule has 188 valence electrons. The molecule has 0 unspecified atom stereocenters. The van der Waals surface area contributed by atoms with E-state index < -0.39 is 10.8 Å². The Morgan fingerprint density at radius 1 is 1.03 bits per heavy atom. The van der Waals surface area contributed by atoms with Gasteiger partial charge in [-0.25, -0.2) is 5.43 Å². The number of carbonyl (C=O) groups excluding carboxylic acids is 1. The smallest absolute Gasteiger partial charge is 0.271 e. The fourth-order valence-electron chi connectivity index (χ4n) is 3.14. The first kappa shape index (κ1) is 26.5. The van der Waals surface area contributed by atoms with Crippen molar-refractivity contribution in [2.75, 3.05) is 20.8 Å². The van der Waals surface area contributed by atoms with Crippen LogP contribution in [0.2, 0.25) is 0 Å². The fourth-order valence-corrected chi connectivity index (χ4v) is 3.71. The van der Waals surface area contributed by atoms with Gasteiger partial charge in [0.1, 0.15) is 6.61 Å². The van der Waals surface area contributed by atoms with Crippen molar-refractivity contribution in [3.8, 4) is 23.0 Å². The molecule has 36 heavy (non-hydrogen) atoms. The molecule has 10 nitrogen and oxygen atoms in total. The van der Waals surface area contributed by atoms with Gasteiger partial charge in [-0.2, -0.15) is 5.10 Å². The molecule has 0 radical (unpaired) electrons. The van der Waals surface area contributed by atoms with Gasteiger partial charge in [0, 0.05) is 17.7 Å². The average molecular weight is 558 g/mol. The number of nitrogens with one attached hydrogen (secondary N) is 1. The summed E-state index contributed by atoms with van der Waals surface area (Å²) in [5.41, 5.74) is 4.25. The molecular weight excluding hydrogens is 534 g/mol. The molecule has 0 fully saturated rings. The number of methoxy groups -OCH3 is 2. The molecule has 0 aliphatic carbocycles. The number of nitrogens with zero attached hydrogens (tertiary/aromatic N) is 2. The van der Waals surface area contributed by atoms with Crippen LogP contribution in [-0.2, 0) is 6.61 Å². The van der Waals surface area contributed by atoms with E-state index in [4.69, 9.17) is 18.9 Å². The number of amides is 1. The predicted octanol–water partition coefficient (Wildman–Crippen LogP) is 5.12. The number of non-ortho nitro benzene ring substituents is 1. The first-order valence-corrected chi connectivity index (χ1v) is 11.5. The predicted molar refractivity (Wildman–Crippen MR) is 137 cm³/mol. The maximum absolute atomic E-state index is 12.5. The first-order chi connectivity index (χ1) is 17.4. The summed E-state index contributed by atoms with van der Waals surface area (Å²) in [7, 11) is 3.00. The largest absolute Gasteiger partial charge is 0.493 e. The van der Waals surface area contributed by atoms with Crippen molar-refractivity contribution in [2.24, 2.45) is 5.10 Å². The van der Waals surface area contributed by atoms with Gasteiger partial charge in [0.25, 0.3) is 11.6 Å². The maximum atomic E-state index is 12.5. The topological polar surface area (TPSA) is 122 Å². The van der Waals surface area contributed by atoms with Crippen molar-refractivity contribution < 1.29 is 28.7 Å². The Labute approximate surface area is 216 Å². The van der Waals surface area contributed by atoms with Gasteiger partial charge < -0.3 is 18.9 Å². The van der Waals surface area contributed by atoms with Crippen LogP contribution in [0.15, 0.2) is 64.2 Å². The van der Waals surface area contributed by atoms with Gasteiger partial charge in [-0.15, -0.1) is 0 Å². The van der Waals surface area contributed by atoms with Gasteiger partial charge >= 0.3 is 0 Å². The highest BCUT2D eigenvalue weighted by Gasteiger charge is 2.13. The summed E-state index contributed by atoms with van der Waals surface area (Å²) in [6, 6.07) is 14.4. The van der Waals surface area contributed by atoms with Crippen LogP contribution in [0.25, 0.3) is 0 Å². The zero-order valence-electron chi connectivity index (χ0n) is 19.8. The molecule has 0 bridgehead atoms. The van der Waals surface area contributed by atoms with E-state index in [0.717, 1.165) is 5.56 Å². The minimum Gasteiger partial charge on any atom is -0.493 e. The standard InChI is InChI=1S/C25H24BrN3O7/c1-4-35-21-10-7-18(13-22(21)33-2)25(30)28-27-14-17-11-20(26)24(23(12-17)34-3)36-15-16-5-8-19(9-6-16)29(31)32/h5-14H,4,15H2,1-3H3,(H,28,30)/b27-14+. The molecule has 1 N–H and O–H groups in total. The van der Waals surface area contributed by atoms with Gasteiger partial charge in [-0.1, -0.05) is 0 Å². The zero-order valence-corrected chi connectivity index (χ0v) is 21.4. The molecule has 3 aromatic carbocycles. The lowest BCUT2D eigenvalue weighted by molar-refractivity contribution is -0.384. The van der Waals surface area contributed by atoms with Crippen LogP contribution < -0.4 is 24.4 Å². The van der Waals surface area contributed by atoms with Crippen LogP contribution in [-0.4, -0.2) is 37.9 Å². The van der Waals surface area contributed by atoms with Gasteiger partial charge in [-0.05, 0) is 76.4 Å². The van der Waals surface area contributed by atoms with Crippen molar-refractivity contribution in [1.82, 2.24) is 5.43 Å². The molecule has 0 aromatic heterocycles. The summed E-state index contributed by atoms with van der Waals surface area (Å²) in [6.07, 6.45) is 1.47. The summed E-state index contributed by atoms with van der Waals surface area (Å²) < 4.78 is 22.7. The average Bonchev–Trinajstić information content (AvgIpc) is 2.88. The monoisotopic (exact) mass is 557 g/mol. The lowest BCUT2D eigenvalue weighted by atomic mass is 10.2. The Kier molecular flexibility index (Phi) is 9.23. The number of hydrogen-bond donors (Lipinski definition) is 1. The molecule has 0 atom stereocenters. The van der Waals surface area contributed by atoms with Crippen molar-refractivity contribution in [2.45, 2.75) is 13.5 Å². The Bertz CT molecular complexity index is 1260. The van der Waals surface area contributed by atoms with Gasteiger partial charge in [0.15, 0.2) is 23.0 Å². The lowest BCUT2D eigenvalue weighted by Crippen LogP contribution is -2.17. The normalized spacial score (nSPS) is 10.7. The van der Waals surface area contributed by atoms with Gasteiger partial charge in [0.2, 0.25) is 0 Å². The van der Waals surface area contributed by atoms with E-state index in [1.165, 1.54) is 32.6 Å². The molecule has 0 saturated carbocycles. The Hall–Kier alpha value is -4.12. The van der Waals surface area contributed by atoms with Crippen LogP contribution >= 0.6 is 15.9 Å². The highest BCUT2D eigenvalue weighted by molar-refractivity contribution is 9.10. The Morgan fingerprint density at radius 2 is 1.75 bits per heavy atom. The molecule has 11 heteroatoms. The molecule has 1 amide bonds. The third-order valence-electron chi connectivity index (χ3n) is 4.89. The highest BCUT2D eigenvalue weighted by Crippen LogP contribution is 2.37. The maximum Gasteiger partial charge on any atom is 0.271 e. The SMILES string of the molecule is CCOc1ccc(C(=O)N/N=C/c2cc(Br)c(OCc3ccc([N+](=O)[O-])cc3)c(OC)c2)cc1OC.